The number of aromatic nitrogens is 1. The highest BCUT2D eigenvalue weighted by molar-refractivity contribution is 6.03. The lowest BCUT2D eigenvalue weighted by atomic mass is 9.89. The maximum atomic E-state index is 13.9. The molecule has 0 saturated carbocycles. The van der Waals surface area contributed by atoms with Crippen molar-refractivity contribution in [1.29, 1.82) is 0 Å². The van der Waals surface area contributed by atoms with Crippen molar-refractivity contribution in [2.45, 2.75) is 32.5 Å². The highest BCUT2D eigenvalue weighted by Crippen LogP contribution is 2.42. The molecule has 0 aliphatic carbocycles. The van der Waals surface area contributed by atoms with E-state index < -0.39 is 17.7 Å². The van der Waals surface area contributed by atoms with Crippen LogP contribution in [0.1, 0.15) is 29.2 Å². The zero-order chi connectivity index (χ0) is 28.3. The Balaban J connectivity index is 1.61. The average Bonchev–Trinajstić information content (AvgIpc) is 2.94. The van der Waals surface area contributed by atoms with Crippen LogP contribution in [0.4, 0.5) is 13.2 Å². The first-order valence-electron chi connectivity index (χ1n) is 12.8. The van der Waals surface area contributed by atoms with Gasteiger partial charge in [0.2, 0.25) is 0 Å². The third-order valence-corrected chi connectivity index (χ3v) is 6.77. The Hall–Kier alpha value is -4.65. The second kappa shape index (κ2) is 11.2. The van der Waals surface area contributed by atoms with E-state index in [4.69, 9.17) is 9.84 Å². The van der Waals surface area contributed by atoms with E-state index >= 15 is 0 Å². The van der Waals surface area contributed by atoms with Gasteiger partial charge < -0.3 is 9.84 Å². The molecule has 0 radical (unpaired) electrons. The van der Waals surface area contributed by atoms with Gasteiger partial charge in [-0.1, -0.05) is 79.7 Å². The van der Waals surface area contributed by atoms with Gasteiger partial charge in [0, 0.05) is 22.7 Å². The zero-order valence-electron chi connectivity index (χ0n) is 21.7. The highest BCUT2D eigenvalue weighted by Gasteiger charge is 2.34. The first kappa shape index (κ1) is 26.9. The van der Waals surface area contributed by atoms with Gasteiger partial charge in [-0.3, -0.25) is 9.78 Å². The summed E-state index contributed by atoms with van der Waals surface area (Å²) in [5.74, 6) is -0.378. The van der Waals surface area contributed by atoms with Gasteiger partial charge in [-0.2, -0.15) is 13.2 Å². The van der Waals surface area contributed by atoms with Gasteiger partial charge in [0.25, 0.3) is 0 Å². The monoisotopic (exact) mass is 541 g/mol. The van der Waals surface area contributed by atoms with Crippen molar-refractivity contribution in [3.8, 4) is 28.0 Å². The largest absolute Gasteiger partial charge is 0.489 e. The number of alkyl halides is 3. The van der Waals surface area contributed by atoms with Crippen molar-refractivity contribution in [2.24, 2.45) is 0 Å². The SMILES string of the molecule is CCc1ccccc1-c1cnc2c(C(F)(F)F)cccc2c1-c1cccc(OCc2cccc(CC(=O)O)c2)c1. The van der Waals surface area contributed by atoms with E-state index in [0.717, 1.165) is 34.7 Å². The Kier molecular flexibility index (Phi) is 7.56. The molecule has 0 saturated heterocycles. The lowest BCUT2D eigenvalue weighted by Gasteiger charge is -2.18. The smallest absolute Gasteiger partial charge is 0.418 e. The van der Waals surface area contributed by atoms with Crippen LogP contribution in [0.25, 0.3) is 33.2 Å². The first-order chi connectivity index (χ1) is 19.2. The van der Waals surface area contributed by atoms with Crippen molar-refractivity contribution in [1.82, 2.24) is 4.98 Å². The average molecular weight is 542 g/mol. The molecule has 202 valence electrons. The fourth-order valence-electron chi connectivity index (χ4n) is 4.97. The maximum Gasteiger partial charge on any atom is 0.418 e. The van der Waals surface area contributed by atoms with Crippen LogP contribution in [0, 0.1) is 0 Å². The topological polar surface area (TPSA) is 59.4 Å². The van der Waals surface area contributed by atoms with Crippen molar-refractivity contribution in [3.63, 3.8) is 0 Å². The van der Waals surface area contributed by atoms with Gasteiger partial charge >= 0.3 is 12.1 Å². The van der Waals surface area contributed by atoms with Crippen LogP contribution < -0.4 is 4.74 Å². The van der Waals surface area contributed by atoms with E-state index in [1.807, 2.05) is 49.4 Å². The Morgan fingerprint density at radius 3 is 2.40 bits per heavy atom. The van der Waals surface area contributed by atoms with Crippen molar-refractivity contribution in [3.05, 3.63) is 119 Å². The summed E-state index contributed by atoms with van der Waals surface area (Å²) in [6.07, 6.45) is -2.35. The molecule has 5 rings (SSSR count). The molecular formula is C33H26F3NO3. The summed E-state index contributed by atoms with van der Waals surface area (Å²) in [4.78, 5) is 15.4. The van der Waals surface area contributed by atoms with Gasteiger partial charge in [0.05, 0.1) is 17.5 Å². The van der Waals surface area contributed by atoms with E-state index in [9.17, 15) is 18.0 Å². The van der Waals surface area contributed by atoms with Gasteiger partial charge in [-0.25, -0.2) is 0 Å². The van der Waals surface area contributed by atoms with Crippen molar-refractivity contribution in [2.75, 3.05) is 0 Å². The number of ether oxygens (including phenoxy) is 1. The highest BCUT2D eigenvalue weighted by atomic mass is 19.4. The minimum Gasteiger partial charge on any atom is -0.489 e. The van der Waals surface area contributed by atoms with Crippen LogP contribution in [0.15, 0.2) is 97.2 Å². The number of carboxylic acid groups (broad SMARTS) is 1. The van der Waals surface area contributed by atoms with Gasteiger partial charge in [-0.15, -0.1) is 0 Å². The summed E-state index contributed by atoms with van der Waals surface area (Å²) >= 11 is 0. The molecule has 1 N–H and O–H groups in total. The number of aliphatic carboxylic acids is 1. The van der Waals surface area contributed by atoms with Crippen LogP contribution in [-0.2, 0) is 30.4 Å². The molecular weight excluding hydrogens is 515 g/mol. The number of hydrogen-bond acceptors (Lipinski definition) is 3. The lowest BCUT2D eigenvalue weighted by Crippen LogP contribution is -2.07. The molecule has 0 fully saturated rings. The van der Waals surface area contributed by atoms with Crippen LogP contribution in [-0.4, -0.2) is 16.1 Å². The maximum absolute atomic E-state index is 13.9. The fraction of sp³-hybridized carbons (Fsp3) is 0.152. The minimum atomic E-state index is -4.55. The normalized spacial score (nSPS) is 11.5. The summed E-state index contributed by atoms with van der Waals surface area (Å²) in [6, 6.07) is 26.4. The Morgan fingerprint density at radius 2 is 1.62 bits per heavy atom. The number of hydrogen-bond donors (Lipinski definition) is 1. The summed E-state index contributed by atoms with van der Waals surface area (Å²) in [7, 11) is 0. The number of carbonyl (C=O) groups is 1. The standard InChI is InChI=1S/C33H26F3NO3/c1-2-23-10-3-4-13-26(23)28-19-37-32-27(14-7-15-29(32)33(34,35)36)31(28)24-11-6-12-25(18-24)40-20-22-9-5-8-21(16-22)17-30(38)39/h3-16,18-19H,2,17,20H2,1H3,(H,38,39). The van der Waals surface area contributed by atoms with E-state index in [2.05, 4.69) is 4.98 Å². The third kappa shape index (κ3) is 5.69. The Bertz CT molecular complexity index is 1690. The molecule has 0 amide bonds. The summed E-state index contributed by atoms with van der Waals surface area (Å²) in [5.41, 5.74) is 4.65. The molecule has 0 aliphatic rings. The van der Waals surface area contributed by atoms with E-state index in [1.54, 1.807) is 36.4 Å². The minimum absolute atomic E-state index is 0.0830. The van der Waals surface area contributed by atoms with E-state index in [-0.39, 0.29) is 18.5 Å². The van der Waals surface area contributed by atoms with Crippen molar-refractivity contribution < 1.29 is 27.8 Å². The predicted molar refractivity (Wildman–Crippen MR) is 149 cm³/mol. The molecule has 4 nitrogen and oxygen atoms in total. The number of aryl methyl sites for hydroxylation is 1. The molecule has 0 spiro atoms. The van der Waals surface area contributed by atoms with Gasteiger partial charge in [0.1, 0.15) is 12.4 Å². The number of halogens is 3. The van der Waals surface area contributed by atoms with Crippen LogP contribution in [0.3, 0.4) is 0 Å². The van der Waals surface area contributed by atoms with E-state index in [0.29, 0.717) is 27.8 Å². The van der Waals surface area contributed by atoms with E-state index in [1.165, 1.54) is 12.3 Å². The lowest BCUT2D eigenvalue weighted by molar-refractivity contribution is -0.137. The Labute approximate surface area is 229 Å². The summed E-state index contributed by atoms with van der Waals surface area (Å²) in [5, 5.41) is 9.48. The molecule has 7 heteroatoms. The predicted octanol–water partition coefficient (Wildman–Crippen LogP) is 8.36. The molecule has 0 atom stereocenters. The van der Waals surface area contributed by atoms with Crippen LogP contribution >= 0.6 is 0 Å². The fourth-order valence-corrected chi connectivity index (χ4v) is 4.97. The molecule has 0 aliphatic heterocycles. The number of pyridine rings is 1. The Morgan fingerprint density at radius 1 is 0.875 bits per heavy atom. The number of nitrogens with zero attached hydrogens (tertiary/aromatic N) is 1. The second-order valence-electron chi connectivity index (χ2n) is 9.46. The molecule has 4 aromatic carbocycles. The zero-order valence-corrected chi connectivity index (χ0v) is 21.7. The number of benzene rings is 4. The van der Waals surface area contributed by atoms with Crippen molar-refractivity contribution >= 4 is 16.9 Å². The van der Waals surface area contributed by atoms with Gasteiger partial charge in [0.15, 0.2) is 0 Å². The molecule has 1 heterocycles. The number of carboxylic acids is 1. The molecule has 0 unspecified atom stereocenters. The van der Waals surface area contributed by atoms with Gasteiger partial charge in [-0.05, 0) is 52.4 Å². The number of para-hydroxylation sites is 1. The number of fused-ring (bicyclic) bond motifs is 1. The molecule has 1 aromatic heterocycles. The summed E-state index contributed by atoms with van der Waals surface area (Å²) < 4.78 is 47.8. The number of rotatable bonds is 8. The second-order valence-corrected chi connectivity index (χ2v) is 9.46. The third-order valence-electron chi connectivity index (χ3n) is 6.77. The molecule has 5 aromatic rings. The molecule has 0 bridgehead atoms. The van der Waals surface area contributed by atoms with Crippen LogP contribution in [0.2, 0.25) is 0 Å². The molecule has 40 heavy (non-hydrogen) atoms. The van der Waals surface area contributed by atoms with Crippen LogP contribution in [0.5, 0.6) is 5.75 Å². The summed E-state index contributed by atoms with van der Waals surface area (Å²) in [6.45, 7) is 2.24. The quantitative estimate of drug-likeness (QED) is 0.214. The first-order valence-corrected chi connectivity index (χ1v) is 12.8.